The first kappa shape index (κ1) is 14.5. The standard InChI is InChI=1S/C18H20O2/c1-3-14-18(19,16-12-8-5-9-13-16)17(20-2)15-10-6-4-7-11-15/h3-13,17,19H,1,14H2,2H3/t17-,18+/m1/s1. The van der Waals surface area contributed by atoms with Gasteiger partial charge in [0, 0.05) is 13.5 Å². The molecule has 0 aliphatic heterocycles. The maximum atomic E-state index is 11.2. The molecule has 0 aliphatic carbocycles. The predicted molar refractivity (Wildman–Crippen MR) is 81.3 cm³/mol. The van der Waals surface area contributed by atoms with Gasteiger partial charge in [0.15, 0.2) is 0 Å². The lowest BCUT2D eigenvalue weighted by Gasteiger charge is -2.35. The van der Waals surface area contributed by atoms with Crippen molar-refractivity contribution in [3.8, 4) is 0 Å². The lowest BCUT2D eigenvalue weighted by atomic mass is 9.82. The minimum atomic E-state index is -1.13. The molecule has 2 aromatic carbocycles. The first-order valence-electron chi connectivity index (χ1n) is 6.69. The lowest BCUT2D eigenvalue weighted by Crippen LogP contribution is -2.34. The van der Waals surface area contributed by atoms with Gasteiger partial charge in [0.1, 0.15) is 11.7 Å². The fourth-order valence-electron chi connectivity index (χ4n) is 2.56. The van der Waals surface area contributed by atoms with Crippen molar-refractivity contribution < 1.29 is 9.84 Å². The van der Waals surface area contributed by atoms with Crippen molar-refractivity contribution in [2.24, 2.45) is 0 Å². The SMILES string of the molecule is C=CC[C@](O)(c1ccccc1)[C@H](OC)c1ccccc1. The average Bonchev–Trinajstić information content (AvgIpc) is 2.50. The van der Waals surface area contributed by atoms with Crippen LogP contribution in [-0.4, -0.2) is 12.2 Å². The Morgan fingerprint density at radius 1 is 1.10 bits per heavy atom. The lowest BCUT2D eigenvalue weighted by molar-refractivity contribution is -0.100. The summed E-state index contributed by atoms with van der Waals surface area (Å²) in [6.45, 7) is 3.77. The Morgan fingerprint density at radius 2 is 1.65 bits per heavy atom. The van der Waals surface area contributed by atoms with Gasteiger partial charge >= 0.3 is 0 Å². The van der Waals surface area contributed by atoms with Gasteiger partial charge in [-0.15, -0.1) is 6.58 Å². The molecule has 0 spiro atoms. The molecule has 0 saturated heterocycles. The summed E-state index contributed by atoms with van der Waals surface area (Å²) in [5.74, 6) is 0. The highest BCUT2D eigenvalue weighted by atomic mass is 16.5. The number of ether oxygens (including phenoxy) is 1. The molecule has 2 rings (SSSR count). The summed E-state index contributed by atoms with van der Waals surface area (Å²) >= 11 is 0. The molecular weight excluding hydrogens is 248 g/mol. The Morgan fingerprint density at radius 3 is 2.15 bits per heavy atom. The van der Waals surface area contributed by atoms with Gasteiger partial charge in [-0.3, -0.25) is 0 Å². The summed E-state index contributed by atoms with van der Waals surface area (Å²) in [4.78, 5) is 0. The second kappa shape index (κ2) is 6.51. The number of aliphatic hydroxyl groups is 1. The van der Waals surface area contributed by atoms with Gasteiger partial charge in [-0.1, -0.05) is 66.7 Å². The summed E-state index contributed by atoms with van der Waals surface area (Å²) in [6.07, 6.45) is 1.70. The molecule has 2 nitrogen and oxygen atoms in total. The zero-order valence-electron chi connectivity index (χ0n) is 11.7. The molecule has 0 aromatic heterocycles. The number of benzene rings is 2. The van der Waals surface area contributed by atoms with Crippen molar-refractivity contribution >= 4 is 0 Å². The maximum Gasteiger partial charge on any atom is 0.123 e. The van der Waals surface area contributed by atoms with Crippen LogP contribution >= 0.6 is 0 Å². The van der Waals surface area contributed by atoms with Crippen molar-refractivity contribution in [3.63, 3.8) is 0 Å². The second-order valence-electron chi connectivity index (χ2n) is 4.81. The molecule has 2 heteroatoms. The molecule has 2 aromatic rings. The van der Waals surface area contributed by atoms with E-state index in [0.29, 0.717) is 6.42 Å². The Hall–Kier alpha value is -1.90. The van der Waals surface area contributed by atoms with Crippen molar-refractivity contribution in [1.29, 1.82) is 0 Å². The zero-order chi connectivity index (χ0) is 14.4. The van der Waals surface area contributed by atoms with Crippen LogP contribution in [0.4, 0.5) is 0 Å². The van der Waals surface area contributed by atoms with Crippen LogP contribution in [0.25, 0.3) is 0 Å². The van der Waals surface area contributed by atoms with E-state index in [-0.39, 0.29) is 0 Å². The van der Waals surface area contributed by atoms with Crippen LogP contribution < -0.4 is 0 Å². The Kier molecular flexibility index (Phi) is 4.72. The Balaban J connectivity index is 2.48. The summed E-state index contributed by atoms with van der Waals surface area (Å²) in [5.41, 5.74) is 0.651. The van der Waals surface area contributed by atoms with Crippen LogP contribution in [0.1, 0.15) is 23.7 Å². The van der Waals surface area contributed by atoms with Crippen LogP contribution in [0.2, 0.25) is 0 Å². The number of methoxy groups -OCH3 is 1. The van der Waals surface area contributed by atoms with Crippen molar-refractivity contribution in [2.45, 2.75) is 18.1 Å². The van der Waals surface area contributed by atoms with Crippen LogP contribution in [-0.2, 0) is 10.3 Å². The molecule has 2 atom stereocenters. The van der Waals surface area contributed by atoms with E-state index in [9.17, 15) is 5.11 Å². The van der Waals surface area contributed by atoms with Crippen LogP contribution in [0.3, 0.4) is 0 Å². The molecule has 0 aliphatic rings. The smallest absolute Gasteiger partial charge is 0.123 e. The number of hydrogen-bond acceptors (Lipinski definition) is 2. The maximum absolute atomic E-state index is 11.2. The highest BCUT2D eigenvalue weighted by Crippen LogP contribution is 2.40. The van der Waals surface area contributed by atoms with Crippen molar-refractivity contribution in [3.05, 3.63) is 84.4 Å². The molecule has 0 saturated carbocycles. The number of rotatable bonds is 6. The topological polar surface area (TPSA) is 29.5 Å². The van der Waals surface area contributed by atoms with E-state index in [1.807, 2.05) is 60.7 Å². The van der Waals surface area contributed by atoms with Gasteiger partial charge in [-0.2, -0.15) is 0 Å². The molecule has 0 bridgehead atoms. The zero-order valence-corrected chi connectivity index (χ0v) is 11.7. The summed E-state index contributed by atoms with van der Waals surface area (Å²) in [5, 5.41) is 11.2. The third-order valence-electron chi connectivity index (χ3n) is 3.50. The molecule has 1 N–H and O–H groups in total. The fourth-order valence-corrected chi connectivity index (χ4v) is 2.56. The third kappa shape index (κ3) is 2.82. The predicted octanol–water partition coefficient (Wildman–Crippen LogP) is 3.84. The van der Waals surface area contributed by atoms with E-state index < -0.39 is 11.7 Å². The Bertz CT molecular complexity index is 536. The molecular formula is C18H20O2. The molecule has 0 heterocycles. The minimum Gasteiger partial charge on any atom is -0.382 e. The molecule has 0 amide bonds. The normalized spacial score (nSPS) is 15.3. The van der Waals surface area contributed by atoms with E-state index in [2.05, 4.69) is 6.58 Å². The first-order chi connectivity index (χ1) is 9.72. The molecule has 0 fully saturated rings. The minimum absolute atomic E-state index is 0.421. The van der Waals surface area contributed by atoms with Gasteiger partial charge < -0.3 is 9.84 Å². The molecule has 20 heavy (non-hydrogen) atoms. The van der Waals surface area contributed by atoms with Crippen LogP contribution in [0, 0.1) is 0 Å². The van der Waals surface area contributed by atoms with Gasteiger partial charge in [0.25, 0.3) is 0 Å². The van der Waals surface area contributed by atoms with E-state index in [4.69, 9.17) is 4.74 Å². The Labute approximate surface area is 120 Å². The average molecular weight is 268 g/mol. The van der Waals surface area contributed by atoms with Gasteiger partial charge in [-0.05, 0) is 11.1 Å². The molecule has 0 radical (unpaired) electrons. The first-order valence-corrected chi connectivity index (χ1v) is 6.69. The van der Waals surface area contributed by atoms with E-state index in [1.54, 1.807) is 13.2 Å². The fraction of sp³-hybridized carbons (Fsp3) is 0.222. The van der Waals surface area contributed by atoms with Gasteiger partial charge in [0.05, 0.1) is 0 Å². The summed E-state index contributed by atoms with van der Waals surface area (Å²) in [6, 6.07) is 19.4. The van der Waals surface area contributed by atoms with E-state index >= 15 is 0 Å². The highest BCUT2D eigenvalue weighted by Gasteiger charge is 2.38. The number of hydrogen-bond donors (Lipinski definition) is 1. The quantitative estimate of drug-likeness (QED) is 0.807. The monoisotopic (exact) mass is 268 g/mol. The third-order valence-corrected chi connectivity index (χ3v) is 3.50. The highest BCUT2D eigenvalue weighted by molar-refractivity contribution is 5.30. The summed E-state index contributed by atoms with van der Waals surface area (Å²) < 4.78 is 5.61. The largest absolute Gasteiger partial charge is 0.382 e. The van der Waals surface area contributed by atoms with Gasteiger partial charge in [0.2, 0.25) is 0 Å². The second-order valence-corrected chi connectivity index (χ2v) is 4.81. The van der Waals surface area contributed by atoms with E-state index in [1.165, 1.54) is 0 Å². The van der Waals surface area contributed by atoms with E-state index in [0.717, 1.165) is 11.1 Å². The summed E-state index contributed by atoms with van der Waals surface area (Å²) in [7, 11) is 1.62. The van der Waals surface area contributed by atoms with Crippen LogP contribution in [0.5, 0.6) is 0 Å². The van der Waals surface area contributed by atoms with Crippen molar-refractivity contribution in [1.82, 2.24) is 0 Å². The van der Waals surface area contributed by atoms with Crippen molar-refractivity contribution in [2.75, 3.05) is 7.11 Å². The molecule has 104 valence electrons. The van der Waals surface area contributed by atoms with Crippen LogP contribution in [0.15, 0.2) is 73.3 Å². The van der Waals surface area contributed by atoms with Gasteiger partial charge in [-0.25, -0.2) is 0 Å². The molecule has 0 unspecified atom stereocenters.